The maximum Gasteiger partial charge on any atom is 0.286 e. The van der Waals surface area contributed by atoms with Crippen LogP contribution >= 0.6 is 11.8 Å². The number of aliphatic hydroxyl groups excluding tert-OH is 1. The Labute approximate surface area is 211 Å². The number of carbonyl (C=O) groups is 2. The molecule has 3 atom stereocenters. The van der Waals surface area contributed by atoms with Crippen molar-refractivity contribution in [1.29, 1.82) is 0 Å². The van der Waals surface area contributed by atoms with Gasteiger partial charge in [0.05, 0.1) is 5.25 Å². The van der Waals surface area contributed by atoms with E-state index in [1.54, 1.807) is 0 Å². The van der Waals surface area contributed by atoms with Crippen LogP contribution in [0.1, 0.15) is 41.2 Å². The van der Waals surface area contributed by atoms with E-state index in [2.05, 4.69) is 32.2 Å². The minimum absolute atomic E-state index is 0.235. The number of carbonyl (C=O) groups excluding carboxylic acids is 2. The van der Waals surface area contributed by atoms with Gasteiger partial charge in [-0.2, -0.15) is 0 Å². The van der Waals surface area contributed by atoms with Crippen LogP contribution in [-0.4, -0.2) is 58.4 Å². The second kappa shape index (κ2) is 10.2. The van der Waals surface area contributed by atoms with Crippen LogP contribution in [0.15, 0.2) is 30.3 Å². The maximum atomic E-state index is 11.7. The van der Waals surface area contributed by atoms with Gasteiger partial charge >= 0.3 is 0 Å². The molecule has 35 heavy (non-hydrogen) atoms. The summed E-state index contributed by atoms with van der Waals surface area (Å²) in [6.07, 6.45) is 1.33. The highest BCUT2D eigenvalue weighted by molar-refractivity contribution is 8.15. The van der Waals surface area contributed by atoms with Crippen molar-refractivity contribution in [1.82, 2.24) is 10.2 Å². The molecule has 2 N–H and O–H groups in total. The molecule has 2 aromatic carbocycles. The van der Waals surface area contributed by atoms with Crippen molar-refractivity contribution in [3.63, 3.8) is 0 Å². The normalized spacial score (nSPS) is 22.5. The number of hydrogen-bond acceptors (Lipinski definition) is 7. The summed E-state index contributed by atoms with van der Waals surface area (Å²) >= 11 is 1.03. The largest absolute Gasteiger partial charge is 0.492 e. The molecule has 7 nitrogen and oxygen atoms in total. The van der Waals surface area contributed by atoms with E-state index in [1.165, 1.54) is 16.7 Å². The van der Waals surface area contributed by atoms with E-state index in [1.807, 2.05) is 43.1 Å². The highest BCUT2D eigenvalue weighted by Gasteiger charge is 2.41. The summed E-state index contributed by atoms with van der Waals surface area (Å²) in [6.45, 7) is 9.21. The maximum absolute atomic E-state index is 11.7. The summed E-state index contributed by atoms with van der Waals surface area (Å²) < 4.78 is 12.3. The van der Waals surface area contributed by atoms with E-state index in [0.29, 0.717) is 25.3 Å². The highest BCUT2D eigenvalue weighted by Crippen LogP contribution is 2.40. The third kappa shape index (κ3) is 5.50. The number of aliphatic hydroxyl groups is 1. The molecule has 2 aromatic rings. The van der Waals surface area contributed by atoms with Gasteiger partial charge in [0.15, 0.2) is 0 Å². The number of rotatable bonds is 8. The summed E-state index contributed by atoms with van der Waals surface area (Å²) in [5, 5.41) is 12.8. The van der Waals surface area contributed by atoms with Crippen molar-refractivity contribution in [3.05, 3.63) is 58.1 Å². The van der Waals surface area contributed by atoms with E-state index in [0.717, 1.165) is 41.5 Å². The molecule has 2 amide bonds. The number of ether oxygens (including phenoxy) is 2. The van der Waals surface area contributed by atoms with E-state index in [9.17, 15) is 14.7 Å². The van der Waals surface area contributed by atoms with Gasteiger partial charge in [-0.1, -0.05) is 30.0 Å². The molecule has 0 saturated carbocycles. The first-order chi connectivity index (χ1) is 16.6. The minimum Gasteiger partial charge on any atom is -0.492 e. The van der Waals surface area contributed by atoms with Gasteiger partial charge in [-0.15, -0.1) is 0 Å². The van der Waals surface area contributed by atoms with Crippen LogP contribution in [0.4, 0.5) is 4.79 Å². The topological polar surface area (TPSA) is 88.1 Å². The first kappa shape index (κ1) is 25.5. The number of amides is 2. The molecule has 1 fully saturated rings. The number of benzene rings is 2. The first-order valence-corrected chi connectivity index (χ1v) is 12.9. The average molecular weight is 499 g/mol. The van der Waals surface area contributed by atoms with Gasteiger partial charge in [-0.05, 0) is 94.0 Å². The Hall–Kier alpha value is -2.55. The SMILES string of the molecule is Cc1cc(C)c2c(c1C)OC(C)(C(O)N(C)CCOc1ccc(CC3SC(=O)NC3=O)cc1)CC2. The first-order valence-electron chi connectivity index (χ1n) is 12.0. The molecule has 2 heterocycles. The lowest BCUT2D eigenvalue weighted by atomic mass is 9.86. The number of fused-ring (bicyclic) bond motifs is 1. The lowest BCUT2D eigenvalue weighted by Crippen LogP contribution is -2.55. The molecule has 0 spiro atoms. The molecular weight excluding hydrogens is 464 g/mol. The number of thioether (sulfide) groups is 1. The Bertz CT molecular complexity index is 1120. The smallest absolute Gasteiger partial charge is 0.286 e. The Morgan fingerprint density at radius 2 is 1.94 bits per heavy atom. The van der Waals surface area contributed by atoms with Crippen LogP contribution < -0.4 is 14.8 Å². The minimum atomic E-state index is -0.778. The molecule has 2 aliphatic heterocycles. The van der Waals surface area contributed by atoms with Crippen molar-refractivity contribution >= 4 is 22.9 Å². The zero-order valence-corrected chi connectivity index (χ0v) is 21.8. The molecule has 0 radical (unpaired) electrons. The fraction of sp³-hybridized carbons (Fsp3) is 0.481. The van der Waals surface area contributed by atoms with E-state index < -0.39 is 11.8 Å². The van der Waals surface area contributed by atoms with Crippen LogP contribution in [0.3, 0.4) is 0 Å². The van der Waals surface area contributed by atoms with Gasteiger partial charge in [0.1, 0.15) is 29.9 Å². The molecule has 8 heteroatoms. The third-order valence-electron chi connectivity index (χ3n) is 7.11. The lowest BCUT2D eigenvalue weighted by molar-refractivity contribution is -0.128. The number of aryl methyl sites for hydroxylation is 2. The summed E-state index contributed by atoms with van der Waals surface area (Å²) in [5.41, 5.74) is 5.08. The Morgan fingerprint density at radius 1 is 1.23 bits per heavy atom. The fourth-order valence-electron chi connectivity index (χ4n) is 4.75. The van der Waals surface area contributed by atoms with Gasteiger partial charge in [0.2, 0.25) is 5.91 Å². The van der Waals surface area contributed by atoms with Gasteiger partial charge in [0, 0.05) is 6.54 Å². The predicted molar refractivity (Wildman–Crippen MR) is 137 cm³/mol. The van der Waals surface area contributed by atoms with Crippen molar-refractivity contribution in [2.75, 3.05) is 20.2 Å². The Morgan fingerprint density at radius 3 is 2.60 bits per heavy atom. The van der Waals surface area contributed by atoms with Crippen molar-refractivity contribution in [2.24, 2.45) is 0 Å². The number of hydrogen-bond donors (Lipinski definition) is 2. The second-order valence-corrected chi connectivity index (χ2v) is 11.0. The Balaban J connectivity index is 1.30. The third-order valence-corrected chi connectivity index (χ3v) is 8.09. The van der Waals surface area contributed by atoms with E-state index >= 15 is 0 Å². The van der Waals surface area contributed by atoms with Crippen LogP contribution in [0, 0.1) is 20.8 Å². The van der Waals surface area contributed by atoms with Gasteiger partial charge < -0.3 is 14.6 Å². The molecule has 188 valence electrons. The second-order valence-electron chi connectivity index (χ2n) is 9.79. The molecule has 0 aromatic heterocycles. The molecule has 4 rings (SSSR count). The summed E-state index contributed by atoms with van der Waals surface area (Å²) in [6, 6.07) is 9.75. The van der Waals surface area contributed by atoms with Gasteiger partial charge in [-0.25, -0.2) is 0 Å². The number of nitrogens with zero attached hydrogens (tertiary/aromatic N) is 1. The fourth-order valence-corrected chi connectivity index (χ4v) is 5.61. The van der Waals surface area contributed by atoms with Crippen LogP contribution in [0.25, 0.3) is 0 Å². The molecule has 0 bridgehead atoms. The van der Waals surface area contributed by atoms with E-state index in [4.69, 9.17) is 9.47 Å². The van der Waals surface area contributed by atoms with Gasteiger partial charge in [0.25, 0.3) is 5.24 Å². The average Bonchev–Trinajstić information content (AvgIpc) is 3.14. The lowest BCUT2D eigenvalue weighted by Gasteiger charge is -2.43. The predicted octanol–water partition coefficient (Wildman–Crippen LogP) is 3.92. The monoisotopic (exact) mass is 498 g/mol. The molecule has 1 saturated heterocycles. The molecule has 2 aliphatic rings. The summed E-state index contributed by atoms with van der Waals surface area (Å²) in [5.74, 6) is 1.39. The zero-order chi connectivity index (χ0) is 25.3. The number of nitrogens with one attached hydrogen (secondary N) is 1. The Kier molecular flexibility index (Phi) is 7.45. The summed E-state index contributed by atoms with van der Waals surface area (Å²) in [7, 11) is 1.88. The van der Waals surface area contributed by atoms with Crippen LogP contribution in [0.2, 0.25) is 0 Å². The zero-order valence-electron chi connectivity index (χ0n) is 21.0. The van der Waals surface area contributed by atoms with Crippen molar-refractivity contribution in [2.45, 2.75) is 64.0 Å². The number of imide groups is 1. The van der Waals surface area contributed by atoms with Crippen molar-refractivity contribution < 1.29 is 24.2 Å². The molecule has 0 aliphatic carbocycles. The quantitative estimate of drug-likeness (QED) is 0.534. The van der Waals surface area contributed by atoms with E-state index in [-0.39, 0.29) is 16.4 Å². The van der Waals surface area contributed by atoms with Crippen LogP contribution in [0.5, 0.6) is 11.5 Å². The standard InChI is InChI=1S/C27H34N2O5S/c1-16-14-17(2)21-10-11-27(4,34-23(21)18(16)3)25(31)29(5)12-13-33-20-8-6-19(7-9-20)15-22-24(30)28-26(32)35-22/h6-9,14,22,25,31H,10-13,15H2,1-5H3,(H,28,30,32). The van der Waals surface area contributed by atoms with Crippen LogP contribution in [-0.2, 0) is 17.6 Å². The van der Waals surface area contributed by atoms with Gasteiger partial charge in [-0.3, -0.25) is 19.8 Å². The molecular formula is C27H34N2O5S. The molecule has 3 unspecified atom stereocenters. The highest BCUT2D eigenvalue weighted by atomic mass is 32.2. The van der Waals surface area contributed by atoms with Crippen molar-refractivity contribution in [3.8, 4) is 11.5 Å². The number of likely N-dealkylation sites (N-methyl/N-ethyl adjacent to an activating group) is 1. The summed E-state index contributed by atoms with van der Waals surface area (Å²) in [4.78, 5) is 24.9.